The zero-order valence-electron chi connectivity index (χ0n) is 18.7. The highest BCUT2D eigenvalue weighted by Gasteiger charge is 2.21. The number of imidazole rings is 1. The van der Waals surface area contributed by atoms with Gasteiger partial charge in [0.05, 0.1) is 22.5 Å². The van der Waals surface area contributed by atoms with Crippen LogP contribution in [0.2, 0.25) is 0 Å². The number of nitrogens with one attached hydrogen (secondary N) is 1. The molecule has 2 aromatic carbocycles. The molecule has 0 spiro atoms. The van der Waals surface area contributed by atoms with Crippen molar-refractivity contribution < 1.29 is 27.9 Å². The molecule has 0 radical (unpaired) electrons. The van der Waals surface area contributed by atoms with Gasteiger partial charge in [-0.05, 0) is 49.2 Å². The molecule has 1 fully saturated rings. The van der Waals surface area contributed by atoms with Gasteiger partial charge in [-0.3, -0.25) is 9.59 Å². The summed E-state index contributed by atoms with van der Waals surface area (Å²) in [4.78, 5) is 34.2. The molecular formula is C23H26N4O6S. The van der Waals surface area contributed by atoms with E-state index < -0.39 is 15.7 Å². The standard InChI is InChI=1S/C23H26N4O6S/c1-34(31,32)18-6-4-5-16(13-18)22(30)25-23-24-19-14-17(26-10-12-33-15-21(26)29)7-8-20(19)27(23)9-2-3-11-28/h4-8,13-14,28H,2-3,9-12,15H2,1H3,(H,24,25,30). The van der Waals surface area contributed by atoms with Gasteiger partial charge in [0.1, 0.15) is 6.61 Å². The predicted octanol–water partition coefficient (Wildman–Crippen LogP) is 1.25. The number of sulfone groups is 1. The maximum atomic E-state index is 12.9. The van der Waals surface area contributed by atoms with Crippen LogP contribution in [0.5, 0.6) is 0 Å². The number of benzene rings is 2. The summed E-state index contributed by atoms with van der Waals surface area (Å²) in [5, 5.41) is 9.18. The first-order valence-corrected chi connectivity index (χ1v) is 12.8. The van der Waals surface area contributed by atoms with Gasteiger partial charge in [-0.1, -0.05) is 6.07 Å². The lowest BCUT2D eigenvalue weighted by molar-refractivity contribution is -0.125. The smallest absolute Gasteiger partial charge is 0.280 e. The molecule has 1 saturated heterocycles. The van der Waals surface area contributed by atoms with Crippen LogP contribution >= 0.6 is 0 Å². The van der Waals surface area contributed by atoms with E-state index in [9.17, 15) is 23.1 Å². The molecule has 2 N–H and O–H groups in total. The van der Waals surface area contributed by atoms with Gasteiger partial charge in [-0.2, -0.15) is 4.99 Å². The molecule has 0 bridgehead atoms. The summed E-state index contributed by atoms with van der Waals surface area (Å²) < 4.78 is 30.8. The van der Waals surface area contributed by atoms with Gasteiger partial charge in [0, 0.05) is 37.2 Å². The number of hydrogen-bond donors (Lipinski definition) is 2. The van der Waals surface area contributed by atoms with E-state index in [0.717, 1.165) is 11.8 Å². The highest BCUT2D eigenvalue weighted by Crippen LogP contribution is 2.22. The zero-order valence-corrected chi connectivity index (χ0v) is 19.5. The van der Waals surface area contributed by atoms with Crippen molar-refractivity contribution in [3.63, 3.8) is 0 Å². The molecule has 1 aliphatic heterocycles. The van der Waals surface area contributed by atoms with E-state index in [-0.39, 0.29) is 29.6 Å². The van der Waals surface area contributed by atoms with Crippen LogP contribution in [-0.2, 0) is 25.9 Å². The average molecular weight is 487 g/mol. The molecule has 4 rings (SSSR count). The number of amides is 2. The third kappa shape index (κ3) is 5.11. The second-order valence-electron chi connectivity index (χ2n) is 8.05. The van der Waals surface area contributed by atoms with E-state index >= 15 is 0 Å². The van der Waals surface area contributed by atoms with E-state index in [1.54, 1.807) is 4.90 Å². The van der Waals surface area contributed by atoms with Crippen LogP contribution < -0.4 is 10.5 Å². The Hall–Kier alpha value is -3.28. The Bertz CT molecular complexity index is 1410. The lowest BCUT2D eigenvalue weighted by Crippen LogP contribution is -2.41. The summed E-state index contributed by atoms with van der Waals surface area (Å²) in [5.41, 5.74) is 2.65. The molecule has 34 heavy (non-hydrogen) atoms. The van der Waals surface area contributed by atoms with Crippen LogP contribution in [0.15, 0.2) is 52.4 Å². The summed E-state index contributed by atoms with van der Waals surface area (Å²) >= 11 is 0. The van der Waals surface area contributed by atoms with Gasteiger partial charge in [-0.25, -0.2) is 8.42 Å². The summed E-state index contributed by atoms with van der Waals surface area (Å²) in [5.74, 6) is -0.713. The van der Waals surface area contributed by atoms with Crippen molar-refractivity contribution in [2.24, 2.45) is 4.99 Å². The molecule has 0 unspecified atom stereocenters. The summed E-state index contributed by atoms with van der Waals surface area (Å²) in [7, 11) is -3.47. The number of aliphatic hydroxyl groups is 1. The summed E-state index contributed by atoms with van der Waals surface area (Å²) in [6.45, 7) is 1.50. The second-order valence-corrected chi connectivity index (χ2v) is 10.1. The van der Waals surface area contributed by atoms with Gasteiger partial charge in [-0.15, -0.1) is 0 Å². The number of H-pyrrole nitrogens is 1. The van der Waals surface area contributed by atoms with E-state index in [0.29, 0.717) is 49.4 Å². The van der Waals surface area contributed by atoms with Crippen molar-refractivity contribution in [3.05, 3.63) is 53.6 Å². The van der Waals surface area contributed by atoms with Gasteiger partial charge in [0.2, 0.25) is 5.62 Å². The number of carbonyl (C=O) groups is 2. The largest absolute Gasteiger partial charge is 0.396 e. The molecule has 3 aromatic rings. The van der Waals surface area contributed by atoms with E-state index in [2.05, 4.69) is 9.98 Å². The normalized spacial score (nSPS) is 15.3. The predicted molar refractivity (Wildman–Crippen MR) is 125 cm³/mol. The Kier molecular flexibility index (Phi) is 6.96. The maximum absolute atomic E-state index is 12.9. The third-order valence-electron chi connectivity index (χ3n) is 5.58. The number of morpholine rings is 1. The monoisotopic (exact) mass is 486 g/mol. The molecule has 0 saturated carbocycles. The van der Waals surface area contributed by atoms with E-state index in [1.165, 1.54) is 24.3 Å². The summed E-state index contributed by atoms with van der Waals surface area (Å²) in [6, 6.07) is 11.3. The van der Waals surface area contributed by atoms with Crippen molar-refractivity contribution >= 4 is 38.4 Å². The number of aryl methyl sites for hydroxylation is 1. The number of aromatic amines is 1. The first kappa shape index (κ1) is 23.9. The van der Waals surface area contributed by atoms with Crippen LogP contribution in [0.25, 0.3) is 11.0 Å². The minimum absolute atomic E-state index is 0.0333. The molecule has 2 heterocycles. The molecule has 1 aromatic heterocycles. The van der Waals surface area contributed by atoms with Crippen molar-refractivity contribution in [1.29, 1.82) is 0 Å². The molecule has 11 heteroatoms. The van der Waals surface area contributed by atoms with Gasteiger partial charge in [0.25, 0.3) is 11.8 Å². The number of ether oxygens (including phenoxy) is 1. The molecule has 10 nitrogen and oxygen atoms in total. The van der Waals surface area contributed by atoms with Crippen molar-refractivity contribution in [3.8, 4) is 0 Å². The third-order valence-corrected chi connectivity index (χ3v) is 6.69. The van der Waals surface area contributed by atoms with Crippen molar-refractivity contribution in [1.82, 2.24) is 9.55 Å². The molecule has 0 atom stereocenters. The fourth-order valence-electron chi connectivity index (χ4n) is 3.84. The fourth-order valence-corrected chi connectivity index (χ4v) is 4.50. The Morgan fingerprint density at radius 3 is 2.76 bits per heavy atom. The average Bonchev–Trinajstić information content (AvgIpc) is 3.15. The van der Waals surface area contributed by atoms with Gasteiger partial charge in [0.15, 0.2) is 9.84 Å². The van der Waals surface area contributed by atoms with Crippen molar-refractivity contribution in [2.45, 2.75) is 24.3 Å². The molecule has 180 valence electrons. The SMILES string of the molecule is CS(=O)(=O)c1cccc(C(=O)/N=c2\[nH]c3cc(N4CCOCC4=O)ccc3n2CCCCO)c1. The number of aliphatic hydroxyl groups excluding tert-OH is 1. The van der Waals surface area contributed by atoms with Crippen LogP contribution in [0.4, 0.5) is 5.69 Å². The van der Waals surface area contributed by atoms with Crippen LogP contribution in [0.3, 0.4) is 0 Å². The van der Waals surface area contributed by atoms with E-state index in [4.69, 9.17) is 4.74 Å². The highest BCUT2D eigenvalue weighted by molar-refractivity contribution is 7.90. The summed E-state index contributed by atoms with van der Waals surface area (Å²) in [6.07, 6.45) is 2.33. The van der Waals surface area contributed by atoms with Crippen LogP contribution in [0, 0.1) is 0 Å². The quantitative estimate of drug-likeness (QED) is 0.483. The Balaban J connectivity index is 1.76. The Morgan fingerprint density at radius 2 is 2.03 bits per heavy atom. The first-order valence-electron chi connectivity index (χ1n) is 10.9. The van der Waals surface area contributed by atoms with E-state index in [1.807, 2.05) is 22.8 Å². The number of carbonyl (C=O) groups excluding carboxylic acids is 2. The lowest BCUT2D eigenvalue weighted by Gasteiger charge is -2.26. The topological polar surface area (TPSA) is 134 Å². The molecule has 1 aliphatic rings. The highest BCUT2D eigenvalue weighted by atomic mass is 32.2. The number of hydrogen-bond acceptors (Lipinski definition) is 6. The van der Waals surface area contributed by atoms with Gasteiger partial charge < -0.3 is 24.3 Å². The number of fused-ring (bicyclic) bond motifs is 1. The maximum Gasteiger partial charge on any atom is 0.280 e. The molecule has 0 aliphatic carbocycles. The molecule has 2 amide bonds. The minimum atomic E-state index is -3.47. The number of aromatic nitrogens is 2. The van der Waals surface area contributed by atoms with Crippen LogP contribution in [-0.4, -0.2) is 67.5 Å². The number of unbranched alkanes of at least 4 members (excludes halogenated alkanes) is 1. The number of rotatable bonds is 7. The second kappa shape index (κ2) is 9.92. The Morgan fingerprint density at radius 1 is 1.21 bits per heavy atom. The minimum Gasteiger partial charge on any atom is -0.396 e. The van der Waals surface area contributed by atoms with Crippen molar-refractivity contribution in [2.75, 3.05) is 37.5 Å². The zero-order chi connectivity index (χ0) is 24.3. The first-order chi connectivity index (χ1) is 16.3. The molecular weight excluding hydrogens is 460 g/mol. The number of nitrogens with zero attached hydrogens (tertiary/aromatic N) is 3. The fraction of sp³-hybridized carbons (Fsp3) is 0.348. The van der Waals surface area contributed by atoms with Crippen LogP contribution in [0.1, 0.15) is 23.2 Å². The Labute approximate surface area is 196 Å². The lowest BCUT2D eigenvalue weighted by atomic mass is 10.2. The number of anilines is 1. The van der Waals surface area contributed by atoms with Gasteiger partial charge >= 0.3 is 0 Å².